The van der Waals surface area contributed by atoms with Gasteiger partial charge < -0.3 is 9.30 Å². The lowest BCUT2D eigenvalue weighted by Crippen LogP contribution is -2.22. The molecule has 0 aliphatic rings. The zero-order chi connectivity index (χ0) is 18.1. The molecule has 0 saturated carbocycles. The number of hydrogen-bond acceptors (Lipinski definition) is 5. The number of carbonyl (C=O) groups is 2. The Kier molecular flexibility index (Phi) is 5.65. The first-order valence-corrected chi connectivity index (χ1v) is 9.97. The molecule has 0 aliphatic carbocycles. The fourth-order valence-corrected chi connectivity index (χ4v) is 5.14. The van der Waals surface area contributed by atoms with Crippen LogP contribution in [0.15, 0.2) is 33.7 Å². The number of ether oxygens (including phenoxy) is 1. The highest BCUT2D eigenvalue weighted by molar-refractivity contribution is 9.10. The third-order valence-corrected chi connectivity index (χ3v) is 6.27. The number of methoxy groups -OCH3 is 1. The highest BCUT2D eigenvalue weighted by Gasteiger charge is 2.16. The van der Waals surface area contributed by atoms with Crippen molar-refractivity contribution in [3.8, 4) is 0 Å². The second-order valence-electron chi connectivity index (χ2n) is 4.81. The lowest BCUT2D eigenvalue weighted by atomic mass is 10.3. The minimum atomic E-state index is -0.516. The maximum atomic E-state index is 12.5. The summed E-state index contributed by atoms with van der Waals surface area (Å²) >= 11 is 17.7. The number of hydrogen-bond donors (Lipinski definition) is 0. The Balaban J connectivity index is 2.16. The number of rotatable bonds is 3. The largest absolute Gasteiger partial charge is 0.468 e. The second-order valence-corrected chi connectivity index (χ2v) is 9.02. The maximum absolute atomic E-state index is 12.5. The molecule has 25 heavy (non-hydrogen) atoms. The Morgan fingerprint density at radius 2 is 2.04 bits per heavy atom. The highest BCUT2D eigenvalue weighted by atomic mass is 79.9. The van der Waals surface area contributed by atoms with Crippen molar-refractivity contribution >= 4 is 83.9 Å². The molecule has 5 nitrogen and oxygen atoms in total. The van der Waals surface area contributed by atoms with E-state index in [0.717, 1.165) is 26.0 Å². The number of esters is 1. The van der Waals surface area contributed by atoms with Crippen LogP contribution in [0.2, 0.25) is 8.67 Å². The summed E-state index contributed by atoms with van der Waals surface area (Å²) in [5.41, 5.74) is 1.01. The van der Waals surface area contributed by atoms with Crippen LogP contribution in [0.3, 0.4) is 0 Å². The van der Waals surface area contributed by atoms with Crippen molar-refractivity contribution in [1.29, 1.82) is 0 Å². The molecule has 10 heteroatoms. The Labute approximate surface area is 168 Å². The first-order valence-electron chi connectivity index (χ1n) is 6.78. The molecule has 0 aliphatic heterocycles. The molecule has 0 N–H and O–H groups in total. The molecule has 130 valence electrons. The molecule has 0 spiro atoms. The van der Waals surface area contributed by atoms with Gasteiger partial charge in [-0.15, -0.1) is 11.3 Å². The molecule has 0 radical (unpaired) electrons. The van der Waals surface area contributed by atoms with Gasteiger partial charge in [-0.05, 0) is 24.3 Å². The maximum Gasteiger partial charge on any atom is 0.325 e. The third kappa shape index (κ3) is 3.98. The van der Waals surface area contributed by atoms with Gasteiger partial charge in [-0.1, -0.05) is 50.5 Å². The zero-order valence-electron chi connectivity index (χ0n) is 12.6. The summed E-state index contributed by atoms with van der Waals surface area (Å²) in [4.78, 5) is 28.7. The third-order valence-electron chi connectivity index (χ3n) is 3.24. The molecule has 0 atom stereocenters. The summed E-state index contributed by atoms with van der Waals surface area (Å²) in [6, 6.07) is 7.07. The van der Waals surface area contributed by atoms with Gasteiger partial charge in [-0.3, -0.25) is 9.59 Å². The minimum absolute atomic E-state index is 0.0532. The van der Waals surface area contributed by atoms with E-state index in [-0.39, 0.29) is 16.4 Å². The van der Waals surface area contributed by atoms with Gasteiger partial charge in [0.05, 0.1) is 27.2 Å². The quantitative estimate of drug-likeness (QED) is 0.509. The number of amides is 1. The van der Waals surface area contributed by atoms with Crippen molar-refractivity contribution in [3.63, 3.8) is 0 Å². The van der Waals surface area contributed by atoms with Crippen molar-refractivity contribution in [2.45, 2.75) is 6.54 Å². The van der Waals surface area contributed by atoms with E-state index in [1.165, 1.54) is 24.5 Å². The lowest BCUT2D eigenvalue weighted by Gasteiger charge is -2.03. The molecule has 3 rings (SSSR count). The number of halogens is 3. The molecule has 0 fully saturated rings. The standard InChI is InChI=1S/C15H9BrCl2N2O3S2/c1-23-12(21)6-20-9-3-2-7(16)4-10(9)24-15(20)19-14(22)8-5-11(17)25-13(8)18/h2-5H,6H2,1H3. The SMILES string of the molecule is COC(=O)Cn1c(=NC(=O)c2cc(Cl)sc2Cl)sc2cc(Br)ccc21. The van der Waals surface area contributed by atoms with Crippen molar-refractivity contribution in [2.75, 3.05) is 7.11 Å². The first kappa shape index (κ1) is 18.6. The van der Waals surface area contributed by atoms with E-state index >= 15 is 0 Å². The van der Waals surface area contributed by atoms with Crippen LogP contribution in [0.4, 0.5) is 0 Å². The van der Waals surface area contributed by atoms with Crippen LogP contribution in [0, 0.1) is 0 Å². The van der Waals surface area contributed by atoms with Crippen molar-refractivity contribution < 1.29 is 14.3 Å². The summed E-state index contributed by atoms with van der Waals surface area (Å²) in [5.74, 6) is -0.953. The van der Waals surface area contributed by atoms with Crippen LogP contribution in [0.25, 0.3) is 10.2 Å². The van der Waals surface area contributed by atoms with Gasteiger partial charge in [-0.2, -0.15) is 4.99 Å². The smallest absolute Gasteiger partial charge is 0.325 e. The Hall–Kier alpha value is -1.19. The van der Waals surface area contributed by atoms with E-state index in [9.17, 15) is 9.59 Å². The molecule has 2 aromatic heterocycles. The number of thiazole rings is 1. The summed E-state index contributed by atoms with van der Waals surface area (Å²) in [7, 11) is 1.31. The van der Waals surface area contributed by atoms with E-state index in [2.05, 4.69) is 20.9 Å². The van der Waals surface area contributed by atoms with Crippen LogP contribution >= 0.6 is 61.8 Å². The van der Waals surface area contributed by atoms with Gasteiger partial charge in [0.15, 0.2) is 4.80 Å². The van der Waals surface area contributed by atoms with Crippen LogP contribution in [0.1, 0.15) is 10.4 Å². The van der Waals surface area contributed by atoms with Crippen LogP contribution in [-0.4, -0.2) is 23.6 Å². The zero-order valence-corrected chi connectivity index (χ0v) is 17.3. The summed E-state index contributed by atoms with van der Waals surface area (Å²) in [6.45, 7) is -0.0532. The Morgan fingerprint density at radius 3 is 2.68 bits per heavy atom. The lowest BCUT2D eigenvalue weighted by molar-refractivity contribution is -0.141. The topological polar surface area (TPSA) is 60.7 Å². The average molecular weight is 480 g/mol. The monoisotopic (exact) mass is 478 g/mol. The number of thiophene rings is 1. The number of aromatic nitrogens is 1. The summed E-state index contributed by atoms with van der Waals surface area (Å²) < 4.78 is 8.82. The predicted octanol–water partition coefficient (Wildman–Crippen LogP) is 4.75. The second kappa shape index (κ2) is 7.59. The van der Waals surface area contributed by atoms with E-state index in [1.54, 1.807) is 4.57 Å². The highest BCUT2D eigenvalue weighted by Crippen LogP contribution is 2.31. The van der Waals surface area contributed by atoms with E-state index < -0.39 is 11.9 Å². The number of fused-ring (bicyclic) bond motifs is 1. The Bertz CT molecular complexity index is 1050. The van der Waals surface area contributed by atoms with E-state index in [1.807, 2.05) is 18.2 Å². The average Bonchev–Trinajstić information content (AvgIpc) is 3.06. The Morgan fingerprint density at radius 1 is 1.28 bits per heavy atom. The molecular weight excluding hydrogens is 471 g/mol. The van der Waals surface area contributed by atoms with Crippen LogP contribution < -0.4 is 4.80 Å². The molecular formula is C15H9BrCl2N2O3S2. The molecule has 0 unspecified atom stereocenters. The summed E-state index contributed by atoms with van der Waals surface area (Å²) in [5, 5.41) is 0. The predicted molar refractivity (Wildman–Crippen MR) is 104 cm³/mol. The number of nitrogens with zero attached hydrogens (tertiary/aromatic N) is 2. The van der Waals surface area contributed by atoms with Crippen molar-refractivity contribution in [3.05, 3.63) is 47.8 Å². The van der Waals surface area contributed by atoms with Gasteiger partial charge in [0.2, 0.25) is 0 Å². The van der Waals surface area contributed by atoms with Gasteiger partial charge in [-0.25, -0.2) is 0 Å². The minimum Gasteiger partial charge on any atom is -0.468 e. The van der Waals surface area contributed by atoms with Gasteiger partial charge in [0.25, 0.3) is 5.91 Å². The molecule has 3 aromatic rings. The molecule has 1 amide bonds. The summed E-state index contributed by atoms with van der Waals surface area (Å²) in [6.07, 6.45) is 0. The van der Waals surface area contributed by atoms with Gasteiger partial charge in [0, 0.05) is 4.47 Å². The molecule has 0 saturated heterocycles. The number of carbonyl (C=O) groups excluding carboxylic acids is 2. The van der Waals surface area contributed by atoms with E-state index in [4.69, 9.17) is 27.9 Å². The normalized spacial score (nSPS) is 11.9. The van der Waals surface area contributed by atoms with Gasteiger partial charge in [0.1, 0.15) is 10.9 Å². The number of benzene rings is 1. The molecule has 1 aromatic carbocycles. The fraction of sp³-hybridized carbons (Fsp3) is 0.133. The fourth-order valence-electron chi connectivity index (χ4n) is 2.11. The van der Waals surface area contributed by atoms with Crippen molar-refractivity contribution in [2.24, 2.45) is 4.99 Å². The molecule has 2 heterocycles. The van der Waals surface area contributed by atoms with Crippen LogP contribution in [-0.2, 0) is 16.1 Å². The first-order chi connectivity index (χ1) is 11.9. The van der Waals surface area contributed by atoms with E-state index in [0.29, 0.717) is 9.14 Å². The van der Waals surface area contributed by atoms with Gasteiger partial charge >= 0.3 is 5.97 Å². The molecule has 0 bridgehead atoms. The van der Waals surface area contributed by atoms with Crippen molar-refractivity contribution in [1.82, 2.24) is 4.57 Å². The van der Waals surface area contributed by atoms with Crippen LogP contribution in [0.5, 0.6) is 0 Å².